The number of rotatable bonds is 5. The minimum absolute atomic E-state index is 0.0855. The summed E-state index contributed by atoms with van der Waals surface area (Å²) >= 11 is 0. The molecule has 212 valence electrons. The van der Waals surface area contributed by atoms with Crippen molar-refractivity contribution in [2.45, 2.75) is 32.9 Å². The Morgan fingerprint density at radius 1 is 1.00 bits per heavy atom. The Balaban J connectivity index is 1.33. The van der Waals surface area contributed by atoms with E-state index in [2.05, 4.69) is 36.1 Å². The van der Waals surface area contributed by atoms with Crippen molar-refractivity contribution in [1.29, 1.82) is 0 Å². The average molecular weight is 545 g/mol. The van der Waals surface area contributed by atoms with Crippen molar-refractivity contribution in [3.05, 3.63) is 77.4 Å². The van der Waals surface area contributed by atoms with E-state index in [1.165, 1.54) is 11.1 Å². The van der Waals surface area contributed by atoms with Crippen LogP contribution < -0.4 is 4.74 Å². The van der Waals surface area contributed by atoms with Gasteiger partial charge < -0.3 is 19.4 Å². The standard InChI is InChI=1S/C32H40N4O4/c1-25-7-2-3-8-27(25)20-34-21-29-9-4-5-11-30(29)40-18-6-10-28-22-36(32(39)23-34)13-12-26(28)19-31(38)35-16-14-33(24-37)15-17-35/h2-11,24,26,28H,12-23H2,1H3/b10-6+/t26-,28-/m0/s1. The minimum Gasteiger partial charge on any atom is -0.489 e. The molecule has 0 spiro atoms. The van der Waals surface area contributed by atoms with Crippen LogP contribution in [0.2, 0.25) is 0 Å². The van der Waals surface area contributed by atoms with Crippen molar-refractivity contribution >= 4 is 18.2 Å². The van der Waals surface area contributed by atoms with Crippen LogP contribution in [0.4, 0.5) is 0 Å². The normalized spacial score (nSPS) is 23.2. The summed E-state index contributed by atoms with van der Waals surface area (Å²) < 4.78 is 6.20. The third-order valence-electron chi connectivity index (χ3n) is 8.51. The van der Waals surface area contributed by atoms with Crippen LogP contribution in [0.15, 0.2) is 60.7 Å². The highest BCUT2D eigenvalue weighted by atomic mass is 16.5. The SMILES string of the molecule is Cc1ccccc1CN1CC(=O)N2CC[C@@H](CC(=O)N3CCN(C=O)CC3)[C@@H](/C=C/COc3ccccc3C1)C2. The van der Waals surface area contributed by atoms with Gasteiger partial charge in [0, 0.05) is 64.3 Å². The first-order valence-corrected chi connectivity index (χ1v) is 14.4. The molecule has 40 heavy (non-hydrogen) atoms. The fourth-order valence-corrected chi connectivity index (χ4v) is 6.03. The van der Waals surface area contributed by atoms with Gasteiger partial charge in [0.1, 0.15) is 12.4 Å². The zero-order valence-electron chi connectivity index (χ0n) is 23.4. The highest BCUT2D eigenvalue weighted by Gasteiger charge is 2.33. The van der Waals surface area contributed by atoms with Gasteiger partial charge in [-0.05, 0) is 42.4 Å². The van der Waals surface area contributed by atoms with Crippen molar-refractivity contribution in [2.24, 2.45) is 11.8 Å². The summed E-state index contributed by atoms with van der Waals surface area (Å²) in [6.45, 7) is 7.77. The van der Waals surface area contributed by atoms with Crippen molar-refractivity contribution in [1.82, 2.24) is 19.6 Å². The highest BCUT2D eigenvalue weighted by Crippen LogP contribution is 2.30. The molecule has 8 heteroatoms. The number of carbonyl (C=O) groups is 3. The summed E-state index contributed by atoms with van der Waals surface area (Å²) in [5.74, 6) is 1.35. The van der Waals surface area contributed by atoms with Gasteiger partial charge in [0.25, 0.3) is 0 Å². The Morgan fingerprint density at radius 3 is 2.58 bits per heavy atom. The van der Waals surface area contributed by atoms with E-state index in [-0.39, 0.29) is 23.7 Å². The lowest BCUT2D eigenvalue weighted by Gasteiger charge is -2.39. The first-order chi connectivity index (χ1) is 19.5. The van der Waals surface area contributed by atoms with Crippen LogP contribution in [0.1, 0.15) is 29.5 Å². The molecule has 2 bridgehead atoms. The molecule has 2 aromatic carbocycles. The van der Waals surface area contributed by atoms with Crippen LogP contribution in [-0.4, -0.2) is 90.2 Å². The molecule has 2 atom stereocenters. The number of hydrogen-bond donors (Lipinski definition) is 0. The monoisotopic (exact) mass is 544 g/mol. The van der Waals surface area contributed by atoms with Gasteiger partial charge in [-0.1, -0.05) is 54.6 Å². The molecule has 3 amide bonds. The molecule has 3 aliphatic rings. The predicted molar refractivity (Wildman–Crippen MR) is 153 cm³/mol. The van der Waals surface area contributed by atoms with Gasteiger partial charge in [0.15, 0.2) is 0 Å². The number of piperidine rings is 1. The van der Waals surface area contributed by atoms with E-state index in [0.717, 1.165) is 24.1 Å². The second-order valence-electron chi connectivity index (χ2n) is 11.2. The molecule has 3 heterocycles. The quantitative estimate of drug-likeness (QED) is 0.427. The molecule has 0 unspecified atom stereocenters. The van der Waals surface area contributed by atoms with Gasteiger partial charge in [-0.15, -0.1) is 0 Å². The fraction of sp³-hybridized carbons (Fsp3) is 0.469. The molecular weight excluding hydrogens is 504 g/mol. The average Bonchev–Trinajstić information content (AvgIpc) is 2.98. The summed E-state index contributed by atoms with van der Waals surface area (Å²) in [5.41, 5.74) is 3.49. The lowest BCUT2D eigenvalue weighted by atomic mass is 9.82. The van der Waals surface area contributed by atoms with Crippen LogP contribution in [0.25, 0.3) is 0 Å². The van der Waals surface area contributed by atoms with E-state index < -0.39 is 0 Å². The van der Waals surface area contributed by atoms with E-state index in [0.29, 0.717) is 71.9 Å². The lowest BCUT2D eigenvalue weighted by Crippen LogP contribution is -2.50. The maximum absolute atomic E-state index is 13.7. The Morgan fingerprint density at radius 2 is 1.77 bits per heavy atom. The van der Waals surface area contributed by atoms with Crippen LogP contribution in [0, 0.1) is 18.8 Å². The highest BCUT2D eigenvalue weighted by molar-refractivity contribution is 5.79. The number of piperazine rings is 1. The number of amides is 3. The zero-order chi connectivity index (χ0) is 27.9. The van der Waals surface area contributed by atoms with Gasteiger partial charge in [0.2, 0.25) is 18.2 Å². The number of hydrogen-bond acceptors (Lipinski definition) is 5. The maximum atomic E-state index is 13.7. The number of nitrogens with zero attached hydrogens (tertiary/aromatic N) is 4. The van der Waals surface area contributed by atoms with E-state index >= 15 is 0 Å². The second-order valence-corrected chi connectivity index (χ2v) is 11.2. The Hall–Kier alpha value is -3.65. The largest absolute Gasteiger partial charge is 0.489 e. The van der Waals surface area contributed by atoms with Gasteiger partial charge in [-0.25, -0.2) is 0 Å². The van der Waals surface area contributed by atoms with Crippen LogP contribution >= 0.6 is 0 Å². The molecule has 2 aromatic rings. The summed E-state index contributed by atoms with van der Waals surface area (Å²) in [6.07, 6.45) is 6.29. The lowest BCUT2D eigenvalue weighted by molar-refractivity contribution is -0.138. The summed E-state index contributed by atoms with van der Waals surface area (Å²) in [5, 5.41) is 0. The molecule has 0 radical (unpaired) electrons. The minimum atomic E-state index is 0.0855. The fourth-order valence-electron chi connectivity index (χ4n) is 6.03. The molecule has 5 rings (SSSR count). The van der Waals surface area contributed by atoms with E-state index in [1.807, 2.05) is 46.2 Å². The van der Waals surface area contributed by atoms with E-state index in [4.69, 9.17) is 4.74 Å². The number of para-hydroxylation sites is 1. The molecule has 2 saturated heterocycles. The summed E-state index contributed by atoms with van der Waals surface area (Å²) in [4.78, 5) is 45.7. The number of ether oxygens (including phenoxy) is 1. The van der Waals surface area contributed by atoms with Crippen molar-refractivity contribution in [3.8, 4) is 5.75 Å². The van der Waals surface area contributed by atoms with Crippen LogP contribution in [0.3, 0.4) is 0 Å². The Kier molecular flexibility index (Phi) is 9.16. The van der Waals surface area contributed by atoms with Crippen LogP contribution in [-0.2, 0) is 27.5 Å². The van der Waals surface area contributed by atoms with Crippen LogP contribution in [0.5, 0.6) is 5.75 Å². The molecular formula is C32H40N4O4. The molecule has 3 aliphatic heterocycles. The third-order valence-corrected chi connectivity index (χ3v) is 8.51. The van der Waals surface area contributed by atoms with Gasteiger partial charge >= 0.3 is 0 Å². The maximum Gasteiger partial charge on any atom is 0.236 e. The molecule has 0 aromatic heterocycles. The number of aryl methyl sites for hydroxylation is 1. The van der Waals surface area contributed by atoms with Crippen molar-refractivity contribution in [2.75, 3.05) is 52.4 Å². The second kappa shape index (κ2) is 13.1. The predicted octanol–water partition coefficient (Wildman–Crippen LogP) is 3.10. The number of carbonyl (C=O) groups excluding carboxylic acids is 3. The molecule has 2 fully saturated rings. The van der Waals surface area contributed by atoms with E-state index in [1.54, 1.807) is 4.90 Å². The first-order valence-electron chi connectivity index (χ1n) is 14.4. The number of fused-ring (bicyclic) bond motifs is 3. The summed E-state index contributed by atoms with van der Waals surface area (Å²) in [7, 11) is 0. The van der Waals surface area contributed by atoms with Gasteiger partial charge in [0.05, 0.1) is 6.54 Å². The molecule has 8 nitrogen and oxygen atoms in total. The zero-order valence-corrected chi connectivity index (χ0v) is 23.4. The van der Waals surface area contributed by atoms with Gasteiger partial charge in [-0.3, -0.25) is 19.3 Å². The first kappa shape index (κ1) is 27.9. The third kappa shape index (κ3) is 6.91. The Labute approximate surface area is 237 Å². The molecule has 0 aliphatic carbocycles. The molecule has 0 N–H and O–H groups in total. The Bertz CT molecular complexity index is 1220. The smallest absolute Gasteiger partial charge is 0.236 e. The topological polar surface area (TPSA) is 73.4 Å². The summed E-state index contributed by atoms with van der Waals surface area (Å²) in [6, 6.07) is 16.4. The van der Waals surface area contributed by atoms with E-state index in [9.17, 15) is 14.4 Å². The number of benzene rings is 2. The van der Waals surface area contributed by atoms with Crippen molar-refractivity contribution < 1.29 is 19.1 Å². The van der Waals surface area contributed by atoms with Crippen molar-refractivity contribution in [3.63, 3.8) is 0 Å². The van der Waals surface area contributed by atoms with Gasteiger partial charge in [-0.2, -0.15) is 0 Å². The molecule has 0 saturated carbocycles.